The third-order valence-corrected chi connectivity index (χ3v) is 4.09. The molecule has 0 aromatic carbocycles. The molecule has 72 valence electrons. The van der Waals surface area contributed by atoms with Crippen LogP contribution < -0.4 is 5.32 Å². The van der Waals surface area contributed by atoms with Crippen molar-refractivity contribution in [2.24, 2.45) is 5.92 Å². The van der Waals surface area contributed by atoms with E-state index in [0.717, 1.165) is 14.8 Å². The van der Waals surface area contributed by atoms with Gasteiger partial charge in [-0.3, -0.25) is 0 Å². The fourth-order valence-corrected chi connectivity index (χ4v) is 2.78. The normalized spacial score (nSPS) is 19.5. The maximum absolute atomic E-state index is 4.26. The predicted molar refractivity (Wildman–Crippen MR) is 60.2 cm³/mol. The first kappa shape index (κ1) is 9.46. The second kappa shape index (κ2) is 3.96. The number of halogens is 1. The maximum atomic E-state index is 4.26. The van der Waals surface area contributed by atoms with Crippen LogP contribution in [-0.2, 0) is 0 Å². The molecular formula is C9H13BrN2S. The van der Waals surface area contributed by atoms with Crippen LogP contribution >= 0.6 is 27.3 Å². The monoisotopic (exact) mass is 260 g/mol. The Labute approximate surface area is 90.9 Å². The fraction of sp³-hybridized carbons (Fsp3) is 0.667. The van der Waals surface area contributed by atoms with E-state index < -0.39 is 0 Å². The van der Waals surface area contributed by atoms with Gasteiger partial charge < -0.3 is 5.32 Å². The van der Waals surface area contributed by atoms with Crippen molar-refractivity contribution >= 4 is 32.4 Å². The molecule has 1 heterocycles. The van der Waals surface area contributed by atoms with Crippen LogP contribution in [0.4, 0.5) is 5.13 Å². The Bertz CT molecular complexity index is 283. The van der Waals surface area contributed by atoms with Gasteiger partial charge in [0.1, 0.15) is 0 Å². The van der Waals surface area contributed by atoms with Crippen LogP contribution in [0.15, 0.2) is 9.98 Å². The van der Waals surface area contributed by atoms with E-state index in [4.69, 9.17) is 0 Å². The standard InChI is InChI=1S/C9H13BrN2S/c1-6(7-3-2-4-7)12-9-11-5-8(10)13-9/h5-7H,2-4H2,1H3,(H,11,12)/t6-/m1/s1. The highest BCUT2D eigenvalue weighted by molar-refractivity contribution is 9.11. The van der Waals surface area contributed by atoms with Gasteiger partial charge in [0.05, 0.1) is 9.98 Å². The summed E-state index contributed by atoms with van der Waals surface area (Å²) in [5.74, 6) is 0.864. The Balaban J connectivity index is 1.89. The second-order valence-corrected chi connectivity index (χ2v) is 6.00. The van der Waals surface area contributed by atoms with Crippen LogP contribution in [0, 0.1) is 5.92 Å². The molecular weight excluding hydrogens is 248 g/mol. The van der Waals surface area contributed by atoms with E-state index in [2.05, 4.69) is 33.2 Å². The molecule has 4 heteroatoms. The molecule has 0 unspecified atom stereocenters. The summed E-state index contributed by atoms with van der Waals surface area (Å²) >= 11 is 5.07. The van der Waals surface area contributed by atoms with Crippen molar-refractivity contribution in [1.29, 1.82) is 0 Å². The van der Waals surface area contributed by atoms with E-state index in [0.29, 0.717) is 6.04 Å². The average molecular weight is 261 g/mol. The Morgan fingerprint density at radius 3 is 2.92 bits per heavy atom. The first-order chi connectivity index (χ1) is 6.25. The second-order valence-electron chi connectivity index (χ2n) is 3.59. The predicted octanol–water partition coefficient (Wildman–Crippen LogP) is 3.51. The van der Waals surface area contributed by atoms with E-state index >= 15 is 0 Å². The highest BCUT2D eigenvalue weighted by Gasteiger charge is 2.24. The van der Waals surface area contributed by atoms with E-state index in [1.807, 2.05) is 6.20 Å². The highest BCUT2D eigenvalue weighted by atomic mass is 79.9. The smallest absolute Gasteiger partial charge is 0.183 e. The lowest BCUT2D eigenvalue weighted by molar-refractivity contribution is 0.285. The number of aromatic nitrogens is 1. The number of nitrogens with zero attached hydrogens (tertiary/aromatic N) is 1. The molecule has 0 radical (unpaired) electrons. The van der Waals surface area contributed by atoms with Crippen molar-refractivity contribution in [2.75, 3.05) is 5.32 Å². The molecule has 1 saturated carbocycles. The van der Waals surface area contributed by atoms with E-state index in [-0.39, 0.29) is 0 Å². The van der Waals surface area contributed by atoms with Crippen molar-refractivity contribution in [1.82, 2.24) is 4.98 Å². The summed E-state index contributed by atoms with van der Waals surface area (Å²) in [4.78, 5) is 4.26. The summed E-state index contributed by atoms with van der Waals surface area (Å²) in [5.41, 5.74) is 0. The van der Waals surface area contributed by atoms with Crippen LogP contribution in [0.2, 0.25) is 0 Å². The van der Waals surface area contributed by atoms with Crippen molar-refractivity contribution in [3.05, 3.63) is 9.98 Å². The number of nitrogens with one attached hydrogen (secondary N) is 1. The lowest BCUT2D eigenvalue weighted by Crippen LogP contribution is -2.30. The van der Waals surface area contributed by atoms with Crippen molar-refractivity contribution in [2.45, 2.75) is 32.2 Å². The summed E-state index contributed by atoms with van der Waals surface area (Å²) in [6, 6.07) is 0.576. The summed E-state index contributed by atoms with van der Waals surface area (Å²) in [6.45, 7) is 2.25. The molecule has 2 rings (SSSR count). The van der Waals surface area contributed by atoms with Gasteiger partial charge in [0.2, 0.25) is 0 Å². The number of thiazole rings is 1. The first-order valence-electron chi connectivity index (χ1n) is 4.63. The summed E-state index contributed by atoms with van der Waals surface area (Å²) < 4.78 is 1.09. The first-order valence-corrected chi connectivity index (χ1v) is 6.24. The molecule has 1 aromatic heterocycles. The van der Waals surface area contributed by atoms with Gasteiger partial charge in [0.15, 0.2) is 5.13 Å². The Kier molecular flexibility index (Phi) is 2.89. The molecule has 1 fully saturated rings. The third-order valence-electron chi connectivity index (χ3n) is 2.69. The zero-order valence-corrected chi connectivity index (χ0v) is 9.99. The van der Waals surface area contributed by atoms with Crippen LogP contribution in [0.5, 0.6) is 0 Å². The maximum Gasteiger partial charge on any atom is 0.183 e. The Morgan fingerprint density at radius 2 is 2.46 bits per heavy atom. The zero-order chi connectivity index (χ0) is 9.26. The van der Waals surface area contributed by atoms with E-state index in [1.54, 1.807) is 11.3 Å². The molecule has 1 aliphatic rings. The van der Waals surface area contributed by atoms with Crippen molar-refractivity contribution < 1.29 is 0 Å². The van der Waals surface area contributed by atoms with E-state index in [9.17, 15) is 0 Å². The van der Waals surface area contributed by atoms with Gasteiger partial charge in [0.25, 0.3) is 0 Å². The largest absolute Gasteiger partial charge is 0.359 e. The van der Waals surface area contributed by atoms with Crippen molar-refractivity contribution in [3.8, 4) is 0 Å². The van der Waals surface area contributed by atoms with Crippen molar-refractivity contribution in [3.63, 3.8) is 0 Å². The molecule has 0 spiro atoms. The van der Waals surface area contributed by atoms with Gasteiger partial charge in [-0.25, -0.2) is 4.98 Å². The molecule has 0 saturated heterocycles. The minimum atomic E-state index is 0.576. The summed E-state index contributed by atoms with van der Waals surface area (Å²) in [7, 11) is 0. The molecule has 0 aliphatic heterocycles. The SMILES string of the molecule is C[C@@H](Nc1ncc(Br)s1)C1CCC1. The number of rotatable bonds is 3. The number of anilines is 1. The van der Waals surface area contributed by atoms with Crippen LogP contribution in [-0.4, -0.2) is 11.0 Å². The Morgan fingerprint density at radius 1 is 1.69 bits per heavy atom. The molecule has 13 heavy (non-hydrogen) atoms. The summed E-state index contributed by atoms with van der Waals surface area (Å²) in [6.07, 6.45) is 6.00. The van der Waals surface area contributed by atoms with Gasteiger partial charge in [-0.15, -0.1) is 0 Å². The molecule has 1 atom stereocenters. The minimum absolute atomic E-state index is 0.576. The molecule has 0 bridgehead atoms. The highest BCUT2D eigenvalue weighted by Crippen LogP contribution is 2.32. The minimum Gasteiger partial charge on any atom is -0.359 e. The molecule has 0 amide bonds. The van der Waals surface area contributed by atoms with Gasteiger partial charge in [-0.2, -0.15) is 0 Å². The zero-order valence-electron chi connectivity index (χ0n) is 7.59. The van der Waals surface area contributed by atoms with Gasteiger partial charge in [0, 0.05) is 6.04 Å². The molecule has 1 aliphatic carbocycles. The number of hydrogen-bond donors (Lipinski definition) is 1. The molecule has 1 aromatic rings. The van der Waals surface area contributed by atoms with Crippen LogP contribution in [0.3, 0.4) is 0 Å². The topological polar surface area (TPSA) is 24.9 Å². The summed E-state index contributed by atoms with van der Waals surface area (Å²) in [5, 5.41) is 4.48. The number of hydrogen-bond acceptors (Lipinski definition) is 3. The molecule has 2 nitrogen and oxygen atoms in total. The fourth-order valence-electron chi connectivity index (χ4n) is 1.57. The van der Waals surface area contributed by atoms with Crippen LogP contribution in [0.1, 0.15) is 26.2 Å². The average Bonchev–Trinajstić information content (AvgIpc) is 2.31. The van der Waals surface area contributed by atoms with Gasteiger partial charge in [-0.05, 0) is 41.6 Å². The third kappa shape index (κ3) is 2.23. The Hall–Kier alpha value is -0.0900. The lowest BCUT2D eigenvalue weighted by atomic mass is 9.80. The lowest BCUT2D eigenvalue weighted by Gasteiger charge is -2.31. The van der Waals surface area contributed by atoms with E-state index in [1.165, 1.54) is 19.3 Å². The van der Waals surface area contributed by atoms with Crippen LogP contribution in [0.25, 0.3) is 0 Å². The van der Waals surface area contributed by atoms with Gasteiger partial charge in [-0.1, -0.05) is 17.8 Å². The van der Waals surface area contributed by atoms with Gasteiger partial charge >= 0.3 is 0 Å². The quantitative estimate of drug-likeness (QED) is 0.900. The molecule has 1 N–H and O–H groups in total.